The van der Waals surface area contributed by atoms with Crippen LogP contribution in [0, 0.1) is 11.3 Å². The lowest BCUT2D eigenvalue weighted by molar-refractivity contribution is 0.0597. The SMILES string of the molecule is COC(=O)c1cc(C=O)cc(C#N)c1S. The van der Waals surface area contributed by atoms with Crippen molar-refractivity contribution < 1.29 is 14.3 Å². The molecule has 0 aliphatic rings. The van der Waals surface area contributed by atoms with Crippen LogP contribution in [0.1, 0.15) is 26.3 Å². The van der Waals surface area contributed by atoms with Gasteiger partial charge in [-0.15, -0.1) is 12.6 Å². The van der Waals surface area contributed by atoms with Crippen LogP contribution in [0.15, 0.2) is 17.0 Å². The van der Waals surface area contributed by atoms with Gasteiger partial charge in [0.05, 0.1) is 18.2 Å². The maximum Gasteiger partial charge on any atom is 0.339 e. The number of esters is 1. The van der Waals surface area contributed by atoms with Crippen LogP contribution in [0.25, 0.3) is 0 Å². The Morgan fingerprint density at radius 3 is 2.73 bits per heavy atom. The lowest BCUT2D eigenvalue weighted by atomic mass is 10.1. The molecule has 0 aliphatic heterocycles. The molecule has 0 bridgehead atoms. The van der Waals surface area contributed by atoms with Crippen LogP contribution in [-0.4, -0.2) is 19.4 Å². The van der Waals surface area contributed by atoms with Gasteiger partial charge < -0.3 is 4.74 Å². The summed E-state index contributed by atoms with van der Waals surface area (Å²) in [6.07, 6.45) is 0.556. The van der Waals surface area contributed by atoms with E-state index in [2.05, 4.69) is 17.4 Å². The number of hydrogen-bond donors (Lipinski definition) is 1. The molecule has 0 spiro atoms. The van der Waals surface area contributed by atoms with Crippen LogP contribution < -0.4 is 0 Å². The third kappa shape index (κ3) is 2.17. The predicted octanol–water partition coefficient (Wildman–Crippen LogP) is 1.45. The zero-order chi connectivity index (χ0) is 11.4. The summed E-state index contributed by atoms with van der Waals surface area (Å²) in [4.78, 5) is 22.1. The summed E-state index contributed by atoms with van der Waals surface area (Å²) in [5, 5.41) is 8.75. The molecule has 76 valence electrons. The molecule has 0 heterocycles. The molecule has 1 aromatic rings. The second-order valence-electron chi connectivity index (χ2n) is 2.69. The number of nitriles is 1. The van der Waals surface area contributed by atoms with Gasteiger partial charge >= 0.3 is 5.97 Å². The van der Waals surface area contributed by atoms with Gasteiger partial charge in [-0.25, -0.2) is 4.79 Å². The monoisotopic (exact) mass is 221 g/mol. The number of hydrogen-bond acceptors (Lipinski definition) is 5. The Bertz CT molecular complexity index is 462. The molecule has 0 aromatic heterocycles. The van der Waals surface area contributed by atoms with E-state index in [0.717, 1.165) is 0 Å². The van der Waals surface area contributed by atoms with E-state index in [0.29, 0.717) is 6.29 Å². The highest BCUT2D eigenvalue weighted by Gasteiger charge is 2.14. The zero-order valence-corrected chi connectivity index (χ0v) is 8.75. The molecule has 0 atom stereocenters. The largest absolute Gasteiger partial charge is 0.465 e. The third-order valence-electron chi connectivity index (χ3n) is 1.79. The summed E-state index contributed by atoms with van der Waals surface area (Å²) in [7, 11) is 1.22. The summed E-state index contributed by atoms with van der Waals surface area (Å²) in [5.41, 5.74) is 0.523. The summed E-state index contributed by atoms with van der Waals surface area (Å²) in [6.45, 7) is 0. The van der Waals surface area contributed by atoms with Gasteiger partial charge in [-0.2, -0.15) is 5.26 Å². The number of benzene rings is 1. The van der Waals surface area contributed by atoms with E-state index in [1.807, 2.05) is 6.07 Å². The minimum absolute atomic E-state index is 0.113. The van der Waals surface area contributed by atoms with Crippen LogP contribution in [0.3, 0.4) is 0 Å². The number of nitrogens with zero attached hydrogens (tertiary/aromatic N) is 1. The van der Waals surface area contributed by atoms with Crippen molar-refractivity contribution >= 4 is 24.9 Å². The number of thiol groups is 1. The van der Waals surface area contributed by atoms with E-state index in [9.17, 15) is 9.59 Å². The Labute approximate surface area is 91.9 Å². The van der Waals surface area contributed by atoms with E-state index in [1.165, 1.54) is 19.2 Å². The standard InChI is InChI=1S/C10H7NO3S/c1-14-10(13)8-3-6(5-12)2-7(4-11)9(8)15/h2-3,5,15H,1H3. The van der Waals surface area contributed by atoms with E-state index in [-0.39, 0.29) is 21.6 Å². The fourth-order valence-electron chi connectivity index (χ4n) is 1.08. The zero-order valence-electron chi connectivity index (χ0n) is 7.85. The Morgan fingerprint density at radius 2 is 2.27 bits per heavy atom. The highest BCUT2D eigenvalue weighted by atomic mass is 32.1. The molecule has 1 aromatic carbocycles. The minimum Gasteiger partial charge on any atom is -0.465 e. The average molecular weight is 221 g/mol. The number of ether oxygens (including phenoxy) is 1. The Kier molecular flexibility index (Phi) is 3.47. The first-order valence-corrected chi connectivity index (χ1v) is 4.39. The highest BCUT2D eigenvalue weighted by Crippen LogP contribution is 2.21. The first kappa shape index (κ1) is 11.3. The van der Waals surface area contributed by atoms with E-state index in [1.54, 1.807) is 0 Å². The van der Waals surface area contributed by atoms with Gasteiger partial charge in [0, 0.05) is 10.5 Å². The Hall–Kier alpha value is -1.80. The molecular formula is C10H7NO3S. The van der Waals surface area contributed by atoms with Crippen LogP contribution >= 0.6 is 12.6 Å². The average Bonchev–Trinajstić information content (AvgIpc) is 2.28. The van der Waals surface area contributed by atoms with Gasteiger partial charge in [0.1, 0.15) is 12.4 Å². The lowest BCUT2D eigenvalue weighted by Crippen LogP contribution is -2.05. The number of aldehydes is 1. The van der Waals surface area contributed by atoms with Crippen molar-refractivity contribution in [2.24, 2.45) is 0 Å². The van der Waals surface area contributed by atoms with E-state index >= 15 is 0 Å². The van der Waals surface area contributed by atoms with Gasteiger partial charge in [-0.3, -0.25) is 4.79 Å². The summed E-state index contributed by atoms with van der Waals surface area (Å²) >= 11 is 4.03. The van der Waals surface area contributed by atoms with Gasteiger partial charge in [-0.1, -0.05) is 0 Å². The quantitative estimate of drug-likeness (QED) is 0.466. The van der Waals surface area contributed by atoms with Gasteiger partial charge in [-0.05, 0) is 12.1 Å². The Balaban J connectivity index is 3.45. The molecule has 0 unspecified atom stereocenters. The molecule has 0 radical (unpaired) electrons. The van der Waals surface area contributed by atoms with Crippen molar-refractivity contribution in [1.29, 1.82) is 5.26 Å². The number of carbonyl (C=O) groups excluding carboxylic acids is 2. The number of methoxy groups -OCH3 is 1. The highest BCUT2D eigenvalue weighted by molar-refractivity contribution is 7.80. The molecule has 0 fully saturated rings. The summed E-state index contributed by atoms with van der Waals surface area (Å²) in [5.74, 6) is -0.625. The lowest BCUT2D eigenvalue weighted by Gasteiger charge is -2.05. The van der Waals surface area contributed by atoms with Crippen LogP contribution in [0.4, 0.5) is 0 Å². The normalized spacial score (nSPS) is 9.13. The topological polar surface area (TPSA) is 67.2 Å². The summed E-state index contributed by atoms with van der Waals surface area (Å²) < 4.78 is 4.50. The van der Waals surface area contributed by atoms with Crippen molar-refractivity contribution in [2.45, 2.75) is 4.90 Å². The molecule has 0 aliphatic carbocycles. The van der Waals surface area contributed by atoms with Crippen LogP contribution in [0.5, 0.6) is 0 Å². The molecule has 0 saturated carbocycles. The van der Waals surface area contributed by atoms with E-state index < -0.39 is 5.97 Å². The van der Waals surface area contributed by atoms with Crippen molar-refractivity contribution in [2.75, 3.05) is 7.11 Å². The fraction of sp³-hybridized carbons (Fsp3) is 0.100. The number of carbonyl (C=O) groups is 2. The van der Waals surface area contributed by atoms with Crippen LogP contribution in [-0.2, 0) is 4.74 Å². The van der Waals surface area contributed by atoms with Gasteiger partial charge in [0.2, 0.25) is 0 Å². The van der Waals surface area contributed by atoms with Gasteiger partial charge in [0.15, 0.2) is 0 Å². The summed E-state index contributed by atoms with van der Waals surface area (Å²) in [6, 6.07) is 4.54. The first-order valence-electron chi connectivity index (χ1n) is 3.94. The van der Waals surface area contributed by atoms with Crippen molar-refractivity contribution in [3.8, 4) is 6.07 Å². The molecule has 5 heteroatoms. The Morgan fingerprint density at radius 1 is 1.60 bits per heavy atom. The smallest absolute Gasteiger partial charge is 0.339 e. The number of rotatable bonds is 2. The maximum atomic E-state index is 11.3. The fourth-order valence-corrected chi connectivity index (χ4v) is 1.35. The second-order valence-corrected chi connectivity index (χ2v) is 3.13. The minimum atomic E-state index is -0.625. The molecule has 4 nitrogen and oxygen atoms in total. The molecule has 1 rings (SSSR count). The maximum absolute atomic E-state index is 11.3. The molecular weight excluding hydrogens is 214 g/mol. The van der Waals surface area contributed by atoms with E-state index in [4.69, 9.17) is 5.26 Å². The van der Waals surface area contributed by atoms with Crippen molar-refractivity contribution in [3.05, 3.63) is 28.8 Å². The first-order chi connectivity index (χ1) is 7.13. The third-order valence-corrected chi connectivity index (χ3v) is 2.28. The van der Waals surface area contributed by atoms with Gasteiger partial charge in [0.25, 0.3) is 0 Å². The molecule has 0 N–H and O–H groups in total. The second kappa shape index (κ2) is 4.62. The predicted molar refractivity (Wildman–Crippen MR) is 55.1 cm³/mol. The van der Waals surface area contributed by atoms with Crippen molar-refractivity contribution in [3.63, 3.8) is 0 Å². The van der Waals surface area contributed by atoms with Crippen LogP contribution in [0.2, 0.25) is 0 Å². The molecule has 0 saturated heterocycles. The molecule has 0 amide bonds. The van der Waals surface area contributed by atoms with Crippen molar-refractivity contribution in [1.82, 2.24) is 0 Å². The molecule has 15 heavy (non-hydrogen) atoms.